The maximum atomic E-state index is 6.54. The third-order valence-corrected chi connectivity index (χ3v) is 4.91. The first-order valence-electron chi connectivity index (χ1n) is 9.98. The van der Waals surface area contributed by atoms with Crippen LogP contribution in [0.5, 0.6) is 23.0 Å². The van der Waals surface area contributed by atoms with Gasteiger partial charge in [0.05, 0.1) is 11.6 Å². The highest BCUT2D eigenvalue weighted by atomic mass is 35.5. The molecule has 0 unspecified atom stereocenters. The Balaban J connectivity index is 1.47. The highest BCUT2D eigenvalue weighted by molar-refractivity contribution is 6.32. The van der Waals surface area contributed by atoms with E-state index in [1.807, 2.05) is 67.6 Å². The highest BCUT2D eigenvalue weighted by Crippen LogP contribution is 2.38. The van der Waals surface area contributed by atoms with E-state index in [-0.39, 0.29) is 0 Å². The number of halogens is 1. The fraction of sp³-hybridized carbons (Fsp3) is 0.250. The van der Waals surface area contributed by atoms with Crippen LogP contribution >= 0.6 is 11.6 Å². The van der Waals surface area contributed by atoms with Gasteiger partial charge in [-0.1, -0.05) is 41.9 Å². The number of nitrogens with one attached hydrogen (secondary N) is 1. The van der Waals surface area contributed by atoms with Crippen molar-refractivity contribution in [2.45, 2.75) is 20.1 Å². The van der Waals surface area contributed by atoms with E-state index in [1.54, 1.807) is 0 Å². The van der Waals surface area contributed by atoms with Crippen molar-refractivity contribution >= 4 is 17.3 Å². The fourth-order valence-electron chi connectivity index (χ4n) is 3.21. The molecule has 0 bridgehead atoms. The average molecular weight is 426 g/mol. The zero-order valence-corrected chi connectivity index (χ0v) is 17.6. The number of rotatable bonds is 8. The Bertz CT molecular complexity index is 994. The van der Waals surface area contributed by atoms with Crippen LogP contribution in [0.4, 0.5) is 5.69 Å². The van der Waals surface area contributed by atoms with Crippen molar-refractivity contribution in [3.05, 3.63) is 76.8 Å². The van der Waals surface area contributed by atoms with Crippen LogP contribution in [0.1, 0.15) is 18.1 Å². The molecule has 1 heterocycles. The molecule has 0 radical (unpaired) electrons. The minimum Gasteiger partial charge on any atom is -0.490 e. The summed E-state index contributed by atoms with van der Waals surface area (Å²) in [5, 5.41) is 3.92. The predicted octanol–water partition coefficient (Wildman–Crippen LogP) is 5.70. The zero-order chi connectivity index (χ0) is 20.8. The van der Waals surface area contributed by atoms with Crippen molar-refractivity contribution in [2.75, 3.05) is 25.1 Å². The van der Waals surface area contributed by atoms with Crippen LogP contribution in [-0.2, 0) is 13.2 Å². The van der Waals surface area contributed by atoms with Gasteiger partial charge in [-0.2, -0.15) is 0 Å². The molecule has 0 spiro atoms. The third kappa shape index (κ3) is 4.92. The molecule has 3 aromatic carbocycles. The van der Waals surface area contributed by atoms with E-state index < -0.39 is 0 Å². The summed E-state index contributed by atoms with van der Waals surface area (Å²) in [5.41, 5.74) is 3.00. The molecular formula is C24H24ClNO4. The van der Waals surface area contributed by atoms with Crippen molar-refractivity contribution in [1.29, 1.82) is 0 Å². The predicted molar refractivity (Wildman–Crippen MR) is 118 cm³/mol. The lowest BCUT2D eigenvalue weighted by Crippen LogP contribution is -2.15. The molecule has 0 atom stereocenters. The highest BCUT2D eigenvalue weighted by Gasteiger charge is 2.14. The number of anilines is 1. The fourth-order valence-corrected chi connectivity index (χ4v) is 3.50. The van der Waals surface area contributed by atoms with Crippen molar-refractivity contribution in [3.8, 4) is 23.0 Å². The van der Waals surface area contributed by atoms with E-state index in [0.717, 1.165) is 28.3 Å². The average Bonchev–Trinajstić information content (AvgIpc) is 2.78. The number of benzene rings is 3. The maximum absolute atomic E-state index is 6.54. The van der Waals surface area contributed by atoms with E-state index in [4.69, 9.17) is 30.5 Å². The summed E-state index contributed by atoms with van der Waals surface area (Å²) in [6.45, 7) is 4.62. The molecule has 30 heavy (non-hydrogen) atoms. The smallest absolute Gasteiger partial charge is 0.180 e. The van der Waals surface area contributed by atoms with Crippen LogP contribution < -0.4 is 24.3 Å². The molecule has 156 valence electrons. The first-order valence-corrected chi connectivity index (χ1v) is 10.4. The summed E-state index contributed by atoms with van der Waals surface area (Å²) in [6.07, 6.45) is 0. The van der Waals surface area contributed by atoms with Gasteiger partial charge >= 0.3 is 0 Å². The van der Waals surface area contributed by atoms with Gasteiger partial charge in [0.1, 0.15) is 19.8 Å². The minimum absolute atomic E-state index is 0.426. The summed E-state index contributed by atoms with van der Waals surface area (Å²) in [6, 6.07) is 19.6. The zero-order valence-electron chi connectivity index (χ0n) is 16.8. The van der Waals surface area contributed by atoms with Crippen LogP contribution in [0.3, 0.4) is 0 Å². The maximum Gasteiger partial charge on any atom is 0.180 e. The molecule has 0 fully saturated rings. The van der Waals surface area contributed by atoms with Crippen LogP contribution in [0.25, 0.3) is 0 Å². The van der Waals surface area contributed by atoms with E-state index in [2.05, 4.69) is 5.32 Å². The molecular weight excluding hydrogens is 402 g/mol. The summed E-state index contributed by atoms with van der Waals surface area (Å²) >= 11 is 6.54. The van der Waals surface area contributed by atoms with E-state index in [1.165, 1.54) is 0 Å². The second kappa shape index (κ2) is 9.63. The van der Waals surface area contributed by atoms with Gasteiger partial charge in [0, 0.05) is 18.3 Å². The Morgan fingerprint density at radius 2 is 1.70 bits per heavy atom. The largest absolute Gasteiger partial charge is 0.490 e. The van der Waals surface area contributed by atoms with E-state index in [0.29, 0.717) is 49.5 Å². The van der Waals surface area contributed by atoms with Crippen molar-refractivity contribution < 1.29 is 18.9 Å². The summed E-state index contributed by atoms with van der Waals surface area (Å²) in [5.74, 6) is 2.72. The van der Waals surface area contributed by atoms with E-state index in [9.17, 15) is 0 Å². The molecule has 5 nitrogen and oxygen atoms in total. The topological polar surface area (TPSA) is 49.0 Å². The van der Waals surface area contributed by atoms with Crippen molar-refractivity contribution in [2.24, 2.45) is 0 Å². The van der Waals surface area contributed by atoms with Gasteiger partial charge in [-0.15, -0.1) is 0 Å². The molecule has 6 heteroatoms. The molecule has 0 saturated carbocycles. The summed E-state index contributed by atoms with van der Waals surface area (Å²) < 4.78 is 23.0. The Morgan fingerprint density at radius 3 is 2.50 bits per heavy atom. The molecule has 4 rings (SSSR count). The van der Waals surface area contributed by atoms with Crippen LogP contribution in [-0.4, -0.2) is 19.8 Å². The Labute approximate surface area is 181 Å². The van der Waals surface area contributed by atoms with Gasteiger partial charge in [0.2, 0.25) is 0 Å². The molecule has 0 saturated heterocycles. The lowest BCUT2D eigenvalue weighted by atomic mass is 10.2. The molecule has 1 aliphatic heterocycles. The van der Waals surface area contributed by atoms with Crippen LogP contribution in [0, 0.1) is 0 Å². The van der Waals surface area contributed by atoms with E-state index >= 15 is 0 Å². The Kier molecular flexibility index (Phi) is 6.50. The lowest BCUT2D eigenvalue weighted by molar-refractivity contribution is 0.171. The first kappa shape index (κ1) is 20.2. The van der Waals surface area contributed by atoms with Crippen molar-refractivity contribution in [3.63, 3.8) is 0 Å². The molecule has 3 aromatic rings. The normalized spacial score (nSPS) is 12.3. The van der Waals surface area contributed by atoms with Crippen LogP contribution in [0.15, 0.2) is 60.7 Å². The standard InChI is InChI=1S/C24H24ClNO4/c1-2-27-23-13-18(12-20(25)24(23)30-16-17-6-4-3-5-7-17)15-26-19-8-9-21-22(14-19)29-11-10-28-21/h3-9,12-14,26H,2,10-11,15-16H2,1H3. The number of hydrogen-bond donors (Lipinski definition) is 1. The monoisotopic (exact) mass is 425 g/mol. The van der Waals surface area contributed by atoms with Crippen molar-refractivity contribution in [1.82, 2.24) is 0 Å². The second-order valence-corrected chi connectivity index (χ2v) is 7.23. The number of ether oxygens (including phenoxy) is 4. The number of hydrogen-bond acceptors (Lipinski definition) is 5. The lowest BCUT2D eigenvalue weighted by Gasteiger charge is -2.19. The molecule has 0 amide bonds. The quantitative estimate of drug-likeness (QED) is 0.501. The minimum atomic E-state index is 0.426. The molecule has 0 aromatic heterocycles. The van der Waals surface area contributed by atoms with Gasteiger partial charge in [-0.3, -0.25) is 0 Å². The Hall–Kier alpha value is -3.05. The molecule has 1 N–H and O–H groups in total. The number of fused-ring (bicyclic) bond motifs is 1. The second-order valence-electron chi connectivity index (χ2n) is 6.82. The Morgan fingerprint density at radius 1 is 0.900 bits per heavy atom. The van der Waals surface area contributed by atoms with Gasteiger partial charge in [-0.05, 0) is 42.3 Å². The SMILES string of the molecule is CCOc1cc(CNc2ccc3c(c2)OCCO3)cc(Cl)c1OCc1ccccc1. The third-order valence-electron chi connectivity index (χ3n) is 4.63. The molecule has 1 aliphatic rings. The summed E-state index contributed by atoms with van der Waals surface area (Å²) in [7, 11) is 0. The van der Waals surface area contributed by atoms with Gasteiger partial charge in [0.15, 0.2) is 23.0 Å². The van der Waals surface area contributed by atoms with Gasteiger partial charge in [-0.25, -0.2) is 0 Å². The first-order chi connectivity index (χ1) is 14.7. The molecule has 0 aliphatic carbocycles. The summed E-state index contributed by atoms with van der Waals surface area (Å²) in [4.78, 5) is 0. The van der Waals surface area contributed by atoms with Gasteiger partial charge in [0.25, 0.3) is 0 Å². The van der Waals surface area contributed by atoms with Gasteiger partial charge < -0.3 is 24.3 Å². The van der Waals surface area contributed by atoms with Crippen LogP contribution in [0.2, 0.25) is 5.02 Å².